The molecule has 4 rings (SSSR count). The summed E-state index contributed by atoms with van der Waals surface area (Å²) in [4.78, 5) is 0. The number of rotatable bonds is 2. The van der Waals surface area contributed by atoms with Crippen molar-refractivity contribution in [2.75, 3.05) is 0 Å². The quantitative estimate of drug-likeness (QED) is 0.666. The summed E-state index contributed by atoms with van der Waals surface area (Å²) in [5.74, 6) is 0. The number of halogens is 3. The number of hydrogen-bond donors (Lipinski definition) is 0. The van der Waals surface area contributed by atoms with Crippen LogP contribution in [0, 0.1) is 6.92 Å². The minimum absolute atomic E-state index is 0.136. The molecule has 86 valence electrons. The number of aryl methyl sites for hydroxylation is 1. The average Bonchev–Trinajstić information content (AvgIpc) is 1.95. The van der Waals surface area contributed by atoms with Crippen LogP contribution in [0.1, 0.15) is 30.4 Å². The Kier molecular flexibility index (Phi) is 1.70. The normalized spacial score (nSPS) is 36.5. The van der Waals surface area contributed by atoms with Gasteiger partial charge in [-0.3, -0.25) is 0 Å². The fourth-order valence-electron chi connectivity index (χ4n) is 3.49. The van der Waals surface area contributed by atoms with Crippen molar-refractivity contribution in [3.05, 3.63) is 35.4 Å². The Morgan fingerprint density at radius 1 is 1.12 bits per heavy atom. The predicted molar refractivity (Wildman–Crippen MR) is 58.5 cm³/mol. The van der Waals surface area contributed by atoms with Crippen LogP contribution in [0.2, 0.25) is 5.31 Å². The smallest absolute Gasteiger partial charge is 0.449 e. The molecule has 0 aliphatic heterocycles. The van der Waals surface area contributed by atoms with Gasteiger partial charge in [0.25, 0.3) is 0 Å². The van der Waals surface area contributed by atoms with Crippen LogP contribution in [-0.2, 0) is 5.41 Å². The molecule has 1 aromatic carbocycles. The van der Waals surface area contributed by atoms with Crippen LogP contribution < -0.4 is 0 Å². The van der Waals surface area contributed by atoms with Crippen molar-refractivity contribution < 1.29 is 12.9 Å². The number of benzene rings is 1. The van der Waals surface area contributed by atoms with Gasteiger partial charge in [-0.1, -0.05) is 54.4 Å². The fourth-order valence-corrected chi connectivity index (χ4v) is 3.49. The molecule has 16 heavy (non-hydrogen) atoms. The standard InChI is InChI=1S/C12H13BF3/c1-9-3-2-4-10(5-9)11-6-12(7-11,8-11)13(14,15)16/h2-5H,6-8H2,1H3/q-1. The van der Waals surface area contributed by atoms with E-state index in [9.17, 15) is 12.9 Å². The van der Waals surface area contributed by atoms with Gasteiger partial charge in [0.15, 0.2) is 0 Å². The third-order valence-electron chi connectivity index (χ3n) is 4.40. The molecular formula is C12H13BF3-. The monoisotopic (exact) mass is 225 g/mol. The lowest BCUT2D eigenvalue weighted by molar-refractivity contribution is -0.0400. The highest BCUT2D eigenvalue weighted by molar-refractivity contribution is 6.63. The van der Waals surface area contributed by atoms with Gasteiger partial charge in [-0.05, 0) is 17.9 Å². The molecule has 0 aromatic heterocycles. The van der Waals surface area contributed by atoms with Crippen molar-refractivity contribution in [2.45, 2.75) is 36.9 Å². The van der Waals surface area contributed by atoms with E-state index in [0.717, 1.165) is 11.1 Å². The fraction of sp³-hybridized carbons (Fsp3) is 0.500. The first-order chi connectivity index (χ1) is 7.37. The molecule has 0 amide bonds. The van der Waals surface area contributed by atoms with Crippen molar-refractivity contribution in [1.82, 2.24) is 0 Å². The molecule has 0 heterocycles. The summed E-state index contributed by atoms with van der Waals surface area (Å²) in [6.45, 7) is -2.66. The first-order valence-electron chi connectivity index (χ1n) is 5.64. The summed E-state index contributed by atoms with van der Waals surface area (Å²) in [5, 5.41) is -1.27. The maximum absolute atomic E-state index is 12.8. The van der Waals surface area contributed by atoms with E-state index in [4.69, 9.17) is 0 Å². The van der Waals surface area contributed by atoms with E-state index in [2.05, 4.69) is 0 Å². The van der Waals surface area contributed by atoms with Gasteiger partial charge in [0.1, 0.15) is 0 Å². The van der Waals surface area contributed by atoms with Gasteiger partial charge >= 0.3 is 6.98 Å². The van der Waals surface area contributed by atoms with E-state index in [-0.39, 0.29) is 5.41 Å². The minimum atomic E-state index is -4.64. The lowest BCUT2D eigenvalue weighted by Crippen LogP contribution is -2.67. The molecular weight excluding hydrogens is 212 g/mol. The summed E-state index contributed by atoms with van der Waals surface area (Å²) in [5.41, 5.74) is 2.10. The average molecular weight is 225 g/mol. The summed E-state index contributed by atoms with van der Waals surface area (Å²) >= 11 is 0. The van der Waals surface area contributed by atoms with Crippen LogP contribution in [0.25, 0.3) is 0 Å². The molecule has 3 aliphatic carbocycles. The van der Waals surface area contributed by atoms with Crippen molar-refractivity contribution in [3.63, 3.8) is 0 Å². The zero-order chi connectivity index (χ0) is 11.6. The van der Waals surface area contributed by atoms with E-state index in [1.54, 1.807) is 0 Å². The first-order valence-corrected chi connectivity index (χ1v) is 5.64. The predicted octanol–water partition coefficient (Wildman–Crippen LogP) is 4.02. The van der Waals surface area contributed by atoms with Crippen molar-refractivity contribution in [3.8, 4) is 0 Å². The topological polar surface area (TPSA) is 0 Å². The summed E-state index contributed by atoms with van der Waals surface area (Å²) in [7, 11) is 0. The maximum atomic E-state index is 12.8. The Hall–Kier alpha value is -0.925. The molecule has 3 aliphatic rings. The Labute approximate surface area is 92.9 Å². The molecule has 0 spiro atoms. The second-order valence-electron chi connectivity index (χ2n) is 5.62. The SMILES string of the molecule is Cc1cccc(C23CC([B-](F)(F)F)(C2)C3)c1. The minimum Gasteiger partial charge on any atom is -0.449 e. The van der Waals surface area contributed by atoms with Gasteiger partial charge < -0.3 is 12.9 Å². The van der Waals surface area contributed by atoms with Gasteiger partial charge in [0, 0.05) is 0 Å². The van der Waals surface area contributed by atoms with Crippen LogP contribution in [0.5, 0.6) is 0 Å². The van der Waals surface area contributed by atoms with E-state index in [1.165, 1.54) is 0 Å². The van der Waals surface area contributed by atoms with E-state index in [1.807, 2.05) is 31.2 Å². The lowest BCUT2D eigenvalue weighted by Gasteiger charge is -2.75. The van der Waals surface area contributed by atoms with Crippen LogP contribution in [0.15, 0.2) is 24.3 Å². The molecule has 0 saturated heterocycles. The molecule has 4 heteroatoms. The Balaban J connectivity index is 1.84. The van der Waals surface area contributed by atoms with Gasteiger partial charge in [-0.2, -0.15) is 0 Å². The molecule has 0 radical (unpaired) electrons. The van der Waals surface area contributed by atoms with Crippen molar-refractivity contribution in [1.29, 1.82) is 0 Å². The van der Waals surface area contributed by atoms with Crippen LogP contribution >= 0.6 is 0 Å². The largest absolute Gasteiger partial charge is 0.484 e. The van der Waals surface area contributed by atoms with E-state index in [0.29, 0.717) is 19.3 Å². The van der Waals surface area contributed by atoms with Gasteiger partial charge in [-0.15, -0.1) is 0 Å². The molecule has 3 saturated carbocycles. The molecule has 1 aromatic rings. The van der Waals surface area contributed by atoms with Crippen molar-refractivity contribution >= 4 is 6.98 Å². The summed E-state index contributed by atoms with van der Waals surface area (Å²) in [6.07, 6.45) is 0.979. The molecule has 3 fully saturated rings. The zero-order valence-electron chi connectivity index (χ0n) is 9.14. The third-order valence-corrected chi connectivity index (χ3v) is 4.40. The van der Waals surface area contributed by atoms with Gasteiger partial charge in [0.2, 0.25) is 0 Å². The Morgan fingerprint density at radius 3 is 2.25 bits per heavy atom. The van der Waals surface area contributed by atoms with Crippen LogP contribution in [0.4, 0.5) is 12.9 Å². The lowest BCUT2D eigenvalue weighted by atomic mass is 9.23. The van der Waals surface area contributed by atoms with Crippen LogP contribution in [0.3, 0.4) is 0 Å². The van der Waals surface area contributed by atoms with E-state index >= 15 is 0 Å². The highest BCUT2D eigenvalue weighted by atomic mass is 19.4. The Morgan fingerprint density at radius 2 is 1.75 bits per heavy atom. The Bertz CT molecular complexity index is 430. The summed E-state index contributed by atoms with van der Waals surface area (Å²) in [6, 6.07) is 7.93. The third kappa shape index (κ3) is 1.08. The van der Waals surface area contributed by atoms with E-state index < -0.39 is 12.3 Å². The zero-order valence-corrected chi connectivity index (χ0v) is 9.14. The first kappa shape index (κ1) is 10.2. The van der Waals surface area contributed by atoms with Gasteiger partial charge in [-0.25, -0.2) is 0 Å². The second kappa shape index (κ2) is 2.66. The highest BCUT2D eigenvalue weighted by Crippen LogP contribution is 2.82. The molecule has 0 N–H and O–H groups in total. The van der Waals surface area contributed by atoms with Gasteiger partial charge in [0.05, 0.1) is 0 Å². The molecule has 2 bridgehead atoms. The summed E-state index contributed by atoms with van der Waals surface area (Å²) < 4.78 is 38.3. The van der Waals surface area contributed by atoms with Crippen molar-refractivity contribution in [2.24, 2.45) is 0 Å². The molecule has 0 atom stereocenters. The number of hydrogen-bond acceptors (Lipinski definition) is 0. The highest BCUT2D eigenvalue weighted by Gasteiger charge is 2.74. The van der Waals surface area contributed by atoms with Crippen LogP contribution in [-0.4, -0.2) is 6.98 Å². The molecule has 0 unspecified atom stereocenters. The molecule has 0 nitrogen and oxygen atoms in total. The second-order valence-corrected chi connectivity index (χ2v) is 5.62. The maximum Gasteiger partial charge on any atom is 0.484 e.